The maximum Gasteiger partial charge on any atom is 0.411 e. The van der Waals surface area contributed by atoms with Crippen LogP contribution in [0.2, 0.25) is 0 Å². The highest BCUT2D eigenvalue weighted by molar-refractivity contribution is 6.04. The molecule has 4 rings (SSSR count). The van der Waals surface area contributed by atoms with Gasteiger partial charge in [0.2, 0.25) is 11.8 Å². The fourth-order valence-corrected chi connectivity index (χ4v) is 7.24. The Bertz CT molecular complexity index is 2370. The Kier molecular flexibility index (Phi) is 30.1. The van der Waals surface area contributed by atoms with Gasteiger partial charge >= 0.3 is 18.3 Å². The van der Waals surface area contributed by atoms with Crippen LogP contribution in [0.25, 0.3) is 0 Å². The smallest absolute Gasteiger partial charge is 0.411 e. The van der Waals surface area contributed by atoms with Crippen LogP contribution in [0, 0.1) is 12.3 Å². The van der Waals surface area contributed by atoms with Gasteiger partial charge in [0.25, 0.3) is 0 Å². The maximum atomic E-state index is 12.6. The van der Waals surface area contributed by atoms with Gasteiger partial charge in [-0.1, -0.05) is 66.2 Å². The third-order valence-electron chi connectivity index (χ3n) is 11.6. The van der Waals surface area contributed by atoms with E-state index in [1.54, 1.807) is 59.1 Å². The molecule has 4 aromatic rings. The predicted molar refractivity (Wildman–Crippen MR) is 305 cm³/mol. The second kappa shape index (κ2) is 35.7. The van der Waals surface area contributed by atoms with Crippen LogP contribution in [0.3, 0.4) is 0 Å². The maximum absolute atomic E-state index is 12.6. The third kappa shape index (κ3) is 27.6. The van der Waals surface area contributed by atoms with E-state index in [1.165, 1.54) is 18.2 Å². The van der Waals surface area contributed by atoms with Crippen LogP contribution < -0.4 is 26.6 Å². The molecular weight excluding hydrogens is 999 g/mol. The highest BCUT2D eigenvalue weighted by Crippen LogP contribution is 2.19. The second-order valence-electron chi connectivity index (χ2n) is 20.2. The van der Waals surface area contributed by atoms with Crippen molar-refractivity contribution < 1.29 is 57.1 Å². The van der Waals surface area contributed by atoms with Crippen molar-refractivity contribution in [1.29, 1.82) is 0 Å². The van der Waals surface area contributed by atoms with E-state index in [2.05, 4.69) is 62.7 Å². The van der Waals surface area contributed by atoms with Gasteiger partial charge in [0, 0.05) is 57.4 Å². The fraction of sp³-hybridized carbons (Fsp3) is 0.508. The summed E-state index contributed by atoms with van der Waals surface area (Å²) in [6.45, 7) is 16.2. The number of ether oxygens (including phenoxy) is 7. The van der Waals surface area contributed by atoms with E-state index in [0.29, 0.717) is 75.9 Å². The van der Waals surface area contributed by atoms with Crippen molar-refractivity contribution in [2.24, 2.45) is 5.41 Å². The van der Waals surface area contributed by atoms with Gasteiger partial charge in [-0.3, -0.25) is 30.4 Å². The minimum absolute atomic E-state index is 0.157. The first-order valence-electron chi connectivity index (χ1n) is 26.5. The van der Waals surface area contributed by atoms with Gasteiger partial charge in [-0.25, -0.2) is 14.4 Å². The van der Waals surface area contributed by atoms with Crippen molar-refractivity contribution in [1.82, 2.24) is 20.4 Å². The van der Waals surface area contributed by atoms with Crippen molar-refractivity contribution >= 4 is 47.2 Å². The Morgan fingerprint density at radius 2 is 0.936 bits per heavy atom. The molecule has 4 unspecified atom stereocenters. The van der Waals surface area contributed by atoms with Crippen LogP contribution in [-0.2, 0) is 55.6 Å². The molecule has 5 amide bonds. The summed E-state index contributed by atoms with van der Waals surface area (Å²) < 4.78 is 39.1. The highest BCUT2D eigenvalue weighted by atomic mass is 16.6. The fourth-order valence-electron chi connectivity index (χ4n) is 7.24. The number of carbonyl (C=O) groups is 5. The van der Waals surface area contributed by atoms with E-state index in [0.717, 1.165) is 23.1 Å². The van der Waals surface area contributed by atoms with Crippen molar-refractivity contribution in [2.75, 3.05) is 117 Å². The van der Waals surface area contributed by atoms with Crippen LogP contribution in [0.1, 0.15) is 75.8 Å². The van der Waals surface area contributed by atoms with Gasteiger partial charge in [-0.15, -0.1) is 0 Å². The number of nitrogens with zero attached hydrogens (tertiary/aromatic N) is 2. The summed E-state index contributed by atoms with van der Waals surface area (Å²) in [5, 5.41) is 13.6. The van der Waals surface area contributed by atoms with Crippen LogP contribution in [0.5, 0.6) is 0 Å². The number of hydrogen-bond acceptors (Lipinski definition) is 14. The Morgan fingerprint density at radius 3 is 1.40 bits per heavy atom. The molecule has 0 fully saturated rings. The SMILES string of the molecule is CN(C)C.CNC(=O)C(C)(C)C(=O)NCCCN(CCOC)CCOC(=O)Nc1ccc(Cc2ccc(NC(=O)OC(C)COC(C)COC(C)COCC(C)OC(=O)Nc3ccc(Cc4ccc(C)cc4)cc3)cc2)cc1. The molecular formula is C59H87N7O12. The summed E-state index contributed by atoms with van der Waals surface area (Å²) in [5.74, 6) is -0.697. The van der Waals surface area contributed by atoms with Gasteiger partial charge in [0.1, 0.15) is 24.2 Å². The molecule has 4 aromatic carbocycles. The predicted octanol–water partition coefficient (Wildman–Crippen LogP) is 8.53. The number of methoxy groups -OCH3 is 1. The molecule has 4 atom stereocenters. The number of amides is 5. The Labute approximate surface area is 462 Å². The first kappa shape index (κ1) is 65.7. The van der Waals surface area contributed by atoms with Gasteiger partial charge in [0.15, 0.2) is 0 Å². The van der Waals surface area contributed by atoms with E-state index in [1.807, 2.05) is 88.4 Å². The van der Waals surface area contributed by atoms with Crippen LogP contribution in [0.4, 0.5) is 31.4 Å². The molecule has 0 heterocycles. The van der Waals surface area contributed by atoms with Crippen molar-refractivity contribution in [3.63, 3.8) is 0 Å². The lowest BCUT2D eigenvalue weighted by Crippen LogP contribution is -2.47. The minimum atomic E-state index is -1.17. The molecule has 0 aliphatic carbocycles. The van der Waals surface area contributed by atoms with Crippen molar-refractivity contribution in [3.8, 4) is 0 Å². The number of benzene rings is 4. The number of aryl methyl sites for hydroxylation is 1. The molecule has 0 aliphatic heterocycles. The Balaban J connectivity index is 0.00000386. The number of anilines is 3. The highest BCUT2D eigenvalue weighted by Gasteiger charge is 2.35. The monoisotopic (exact) mass is 1090 g/mol. The summed E-state index contributed by atoms with van der Waals surface area (Å²) >= 11 is 0. The molecule has 5 N–H and O–H groups in total. The quantitative estimate of drug-likeness (QED) is 0.0181. The zero-order valence-electron chi connectivity index (χ0n) is 48.0. The van der Waals surface area contributed by atoms with Crippen LogP contribution >= 0.6 is 0 Å². The molecule has 430 valence electrons. The molecule has 78 heavy (non-hydrogen) atoms. The summed E-state index contributed by atoms with van der Waals surface area (Å²) in [5.41, 5.74) is 6.28. The molecule has 0 saturated heterocycles. The van der Waals surface area contributed by atoms with E-state index in [-0.39, 0.29) is 43.8 Å². The number of rotatable bonds is 31. The standard InChI is InChI=1S/C56H78N6O12.C3H9N/c1-39-11-13-44(14-12-39)33-45-17-23-49(24-18-45)60-54(66)73-42(4)36-69-35-40(2)71-37-41(3)72-38-43(5)74-55(67)61-50-25-19-47(20-26-50)34-46-15-21-48(22-16-46)59-53(65)70-32-30-62(29-31-68-9)28-10-27-58-52(64)56(6,7)51(63)57-8;1-4(2)3/h11-26,40-43H,10,27-38H2,1-9H3,(H,57,63)(H,58,64)(H,59,65)(H,60,66)(H,61,67);1-3H3. The lowest BCUT2D eigenvalue weighted by atomic mass is 9.91. The molecule has 19 nitrogen and oxygen atoms in total. The lowest BCUT2D eigenvalue weighted by molar-refractivity contribution is -0.141. The van der Waals surface area contributed by atoms with Crippen molar-refractivity contribution in [2.45, 2.75) is 92.1 Å². The van der Waals surface area contributed by atoms with Gasteiger partial charge < -0.3 is 48.7 Å². The Morgan fingerprint density at radius 1 is 0.538 bits per heavy atom. The first-order chi connectivity index (χ1) is 37.1. The molecule has 19 heteroatoms. The molecule has 0 aliphatic rings. The zero-order chi connectivity index (χ0) is 57.5. The summed E-state index contributed by atoms with van der Waals surface area (Å²) in [4.78, 5) is 66.2. The first-order valence-corrected chi connectivity index (χ1v) is 26.5. The van der Waals surface area contributed by atoms with E-state index in [9.17, 15) is 24.0 Å². The molecule has 0 aromatic heterocycles. The van der Waals surface area contributed by atoms with E-state index in [4.69, 9.17) is 33.2 Å². The van der Waals surface area contributed by atoms with Gasteiger partial charge in [-0.2, -0.15) is 0 Å². The van der Waals surface area contributed by atoms with Gasteiger partial charge in [0.05, 0.1) is 45.2 Å². The molecule has 0 saturated carbocycles. The van der Waals surface area contributed by atoms with Crippen LogP contribution in [-0.4, -0.2) is 165 Å². The van der Waals surface area contributed by atoms with Crippen LogP contribution in [0.15, 0.2) is 97.1 Å². The molecule has 0 spiro atoms. The largest absolute Gasteiger partial charge is 0.448 e. The normalized spacial score (nSPS) is 12.7. The summed E-state index contributed by atoms with van der Waals surface area (Å²) in [6, 6.07) is 31.0. The third-order valence-corrected chi connectivity index (χ3v) is 11.6. The average molecular weight is 1090 g/mol. The van der Waals surface area contributed by atoms with E-state index < -0.39 is 35.9 Å². The van der Waals surface area contributed by atoms with E-state index >= 15 is 0 Å². The number of carbonyl (C=O) groups excluding carboxylic acids is 5. The number of nitrogens with one attached hydrogen (secondary N) is 5. The summed E-state index contributed by atoms with van der Waals surface area (Å²) in [7, 11) is 9.11. The average Bonchev–Trinajstić information content (AvgIpc) is 3.39. The number of hydrogen-bond donors (Lipinski definition) is 5. The molecule has 0 radical (unpaired) electrons. The lowest BCUT2D eigenvalue weighted by Gasteiger charge is -2.23. The topological polar surface area (TPSA) is 217 Å². The zero-order valence-corrected chi connectivity index (χ0v) is 48.0. The van der Waals surface area contributed by atoms with Crippen molar-refractivity contribution in [3.05, 3.63) is 125 Å². The van der Waals surface area contributed by atoms with Gasteiger partial charge in [-0.05, 0) is 148 Å². The molecule has 0 bridgehead atoms. The minimum Gasteiger partial charge on any atom is -0.448 e. The summed E-state index contributed by atoms with van der Waals surface area (Å²) in [6.07, 6.45) is -1.15. The Hall–Kier alpha value is -6.61. The second-order valence-corrected chi connectivity index (χ2v) is 20.2.